The Kier molecular flexibility index (Phi) is 4.55. The second kappa shape index (κ2) is 7.02. The minimum absolute atomic E-state index is 0.0773. The first-order valence-corrected chi connectivity index (χ1v) is 9.31. The molecule has 2 amide bonds. The first-order chi connectivity index (χ1) is 13.1. The normalized spacial score (nSPS) is 20.6. The van der Waals surface area contributed by atoms with Crippen LogP contribution < -0.4 is 10.1 Å². The lowest BCUT2D eigenvalue weighted by Gasteiger charge is -2.46. The van der Waals surface area contributed by atoms with Gasteiger partial charge in [0.1, 0.15) is 12.1 Å². The van der Waals surface area contributed by atoms with Crippen molar-refractivity contribution in [3.8, 4) is 5.75 Å². The number of fused-ring (bicyclic) bond motifs is 2. The van der Waals surface area contributed by atoms with Crippen LogP contribution in [0.15, 0.2) is 30.6 Å². The number of amides is 2. The van der Waals surface area contributed by atoms with Crippen molar-refractivity contribution in [3.05, 3.63) is 42.0 Å². The van der Waals surface area contributed by atoms with E-state index in [1.807, 2.05) is 25.1 Å². The van der Waals surface area contributed by atoms with Crippen molar-refractivity contribution in [1.29, 1.82) is 0 Å². The van der Waals surface area contributed by atoms with Crippen LogP contribution in [0.25, 0.3) is 0 Å². The molecule has 1 fully saturated rings. The lowest BCUT2D eigenvalue weighted by molar-refractivity contribution is -0.130. The van der Waals surface area contributed by atoms with Gasteiger partial charge in [-0.05, 0) is 25.8 Å². The monoisotopic (exact) mass is 369 g/mol. The lowest BCUT2D eigenvalue weighted by atomic mass is 9.67. The van der Waals surface area contributed by atoms with E-state index < -0.39 is 6.10 Å². The number of nitrogens with one attached hydrogen (secondary N) is 2. The number of aromatic amines is 1. The zero-order chi connectivity index (χ0) is 18.9. The van der Waals surface area contributed by atoms with Gasteiger partial charge in [-0.3, -0.25) is 14.7 Å². The molecular weight excluding hydrogens is 346 g/mol. The molecule has 0 unspecified atom stereocenters. The number of ether oxygens (including phenoxy) is 1. The molecule has 3 heterocycles. The summed E-state index contributed by atoms with van der Waals surface area (Å²) in [5, 5.41) is 9.25. The topological polar surface area (TPSA) is 100 Å². The van der Waals surface area contributed by atoms with Crippen molar-refractivity contribution in [2.24, 2.45) is 0 Å². The molecule has 1 saturated heterocycles. The average Bonchev–Trinajstić information content (AvgIpc) is 3.23. The van der Waals surface area contributed by atoms with E-state index in [9.17, 15) is 9.59 Å². The molecule has 2 aromatic rings. The number of para-hydroxylation sites is 1. The van der Waals surface area contributed by atoms with Gasteiger partial charge in [0, 0.05) is 37.0 Å². The largest absolute Gasteiger partial charge is 0.480 e. The minimum Gasteiger partial charge on any atom is -0.480 e. The molecular formula is C19H23N5O3. The van der Waals surface area contributed by atoms with E-state index in [0.717, 1.165) is 24.2 Å². The van der Waals surface area contributed by atoms with E-state index in [0.29, 0.717) is 26.1 Å². The molecule has 27 heavy (non-hydrogen) atoms. The number of hydrogen-bond acceptors (Lipinski definition) is 5. The van der Waals surface area contributed by atoms with E-state index in [-0.39, 0.29) is 23.1 Å². The second-order valence-corrected chi connectivity index (χ2v) is 7.11. The molecule has 0 bridgehead atoms. The third-order valence-corrected chi connectivity index (χ3v) is 5.57. The van der Waals surface area contributed by atoms with Crippen molar-refractivity contribution in [2.75, 3.05) is 19.6 Å². The zero-order valence-electron chi connectivity index (χ0n) is 15.3. The number of carbonyl (C=O) groups excluding carboxylic acids is 2. The van der Waals surface area contributed by atoms with Crippen LogP contribution in [0.3, 0.4) is 0 Å². The molecule has 142 valence electrons. The Morgan fingerprint density at radius 3 is 2.81 bits per heavy atom. The SMILES string of the molecule is CCNC(=O)[C@H]1CC2(CCN(C(=O)c3ncn[nH]3)CC2)c2ccccc2O1. The van der Waals surface area contributed by atoms with Crippen LogP contribution in [-0.4, -0.2) is 57.6 Å². The van der Waals surface area contributed by atoms with Crippen molar-refractivity contribution < 1.29 is 14.3 Å². The highest BCUT2D eigenvalue weighted by atomic mass is 16.5. The molecule has 1 atom stereocenters. The number of benzene rings is 1. The van der Waals surface area contributed by atoms with E-state index in [1.165, 1.54) is 6.33 Å². The maximum atomic E-state index is 12.5. The number of likely N-dealkylation sites (N-methyl/N-ethyl adjacent to an activating group) is 1. The van der Waals surface area contributed by atoms with Gasteiger partial charge in [0.05, 0.1) is 0 Å². The highest BCUT2D eigenvalue weighted by Crippen LogP contribution is 2.47. The number of rotatable bonds is 3. The second-order valence-electron chi connectivity index (χ2n) is 7.11. The van der Waals surface area contributed by atoms with Crippen molar-refractivity contribution in [1.82, 2.24) is 25.4 Å². The van der Waals surface area contributed by atoms with Gasteiger partial charge < -0.3 is 15.0 Å². The van der Waals surface area contributed by atoms with E-state index >= 15 is 0 Å². The molecule has 2 N–H and O–H groups in total. The predicted octanol–water partition coefficient (Wildman–Crippen LogP) is 1.27. The fourth-order valence-corrected chi connectivity index (χ4v) is 4.17. The number of carbonyl (C=O) groups is 2. The average molecular weight is 369 g/mol. The van der Waals surface area contributed by atoms with Crippen LogP contribution in [0.2, 0.25) is 0 Å². The first kappa shape index (κ1) is 17.5. The van der Waals surface area contributed by atoms with Gasteiger partial charge in [0.25, 0.3) is 11.8 Å². The standard InChI is InChI=1S/C19H23N5O3/c1-2-20-17(25)15-11-19(13-5-3-4-6-14(13)27-15)7-9-24(10-8-19)18(26)16-21-12-22-23-16/h3-6,12,15H,2,7-11H2,1H3,(H,20,25)(H,21,22,23)/t15-/m1/s1. The summed E-state index contributed by atoms with van der Waals surface area (Å²) in [5.74, 6) is 0.822. The molecule has 1 aromatic carbocycles. The number of likely N-dealkylation sites (tertiary alicyclic amines) is 1. The summed E-state index contributed by atoms with van der Waals surface area (Å²) >= 11 is 0. The molecule has 2 aliphatic rings. The Bertz CT molecular complexity index is 828. The first-order valence-electron chi connectivity index (χ1n) is 9.31. The van der Waals surface area contributed by atoms with E-state index in [4.69, 9.17) is 4.74 Å². The smallest absolute Gasteiger partial charge is 0.291 e. The van der Waals surface area contributed by atoms with Gasteiger partial charge in [-0.25, -0.2) is 4.98 Å². The number of nitrogens with zero attached hydrogens (tertiary/aromatic N) is 3. The van der Waals surface area contributed by atoms with Crippen LogP contribution in [0.4, 0.5) is 0 Å². The molecule has 2 aliphatic heterocycles. The number of aromatic nitrogens is 3. The molecule has 8 nitrogen and oxygen atoms in total. The van der Waals surface area contributed by atoms with Gasteiger partial charge in [-0.2, -0.15) is 5.10 Å². The number of H-pyrrole nitrogens is 1. The molecule has 1 spiro atoms. The van der Waals surface area contributed by atoms with Gasteiger partial charge in [0.2, 0.25) is 5.82 Å². The Hall–Kier alpha value is -2.90. The maximum absolute atomic E-state index is 12.5. The van der Waals surface area contributed by atoms with Gasteiger partial charge in [-0.1, -0.05) is 18.2 Å². The highest BCUT2D eigenvalue weighted by molar-refractivity contribution is 5.90. The predicted molar refractivity (Wildman–Crippen MR) is 97.4 cm³/mol. The molecule has 1 aromatic heterocycles. The van der Waals surface area contributed by atoms with Gasteiger partial charge >= 0.3 is 0 Å². The summed E-state index contributed by atoms with van der Waals surface area (Å²) < 4.78 is 5.99. The third-order valence-electron chi connectivity index (χ3n) is 5.57. The van der Waals surface area contributed by atoms with Crippen LogP contribution >= 0.6 is 0 Å². The number of hydrogen-bond donors (Lipinski definition) is 2. The van der Waals surface area contributed by atoms with Crippen molar-refractivity contribution >= 4 is 11.8 Å². The molecule has 0 radical (unpaired) electrons. The van der Waals surface area contributed by atoms with E-state index in [1.54, 1.807) is 4.90 Å². The van der Waals surface area contributed by atoms with Crippen LogP contribution in [-0.2, 0) is 10.2 Å². The van der Waals surface area contributed by atoms with E-state index in [2.05, 4.69) is 26.6 Å². The zero-order valence-corrected chi connectivity index (χ0v) is 15.3. The van der Waals surface area contributed by atoms with Crippen molar-refractivity contribution in [2.45, 2.75) is 37.7 Å². The molecule has 4 rings (SSSR count). The quantitative estimate of drug-likeness (QED) is 0.849. The summed E-state index contributed by atoms with van der Waals surface area (Å²) in [4.78, 5) is 30.7. The van der Waals surface area contributed by atoms with Gasteiger partial charge in [0.15, 0.2) is 6.10 Å². The van der Waals surface area contributed by atoms with Crippen LogP contribution in [0.5, 0.6) is 5.75 Å². The highest BCUT2D eigenvalue weighted by Gasteiger charge is 2.46. The minimum atomic E-state index is -0.503. The van der Waals surface area contributed by atoms with Gasteiger partial charge in [-0.15, -0.1) is 0 Å². The Balaban J connectivity index is 1.56. The Labute approximate surface area is 157 Å². The maximum Gasteiger partial charge on any atom is 0.291 e. The Morgan fingerprint density at radius 2 is 2.11 bits per heavy atom. The summed E-state index contributed by atoms with van der Waals surface area (Å²) in [6, 6.07) is 7.93. The lowest BCUT2D eigenvalue weighted by Crippen LogP contribution is -2.52. The third kappa shape index (κ3) is 3.15. The summed E-state index contributed by atoms with van der Waals surface area (Å²) in [6.45, 7) is 3.69. The molecule has 8 heteroatoms. The Morgan fingerprint density at radius 1 is 1.33 bits per heavy atom. The molecule has 0 saturated carbocycles. The fourth-order valence-electron chi connectivity index (χ4n) is 4.17. The summed E-state index contributed by atoms with van der Waals surface area (Å²) in [7, 11) is 0. The number of piperidine rings is 1. The summed E-state index contributed by atoms with van der Waals surface area (Å²) in [6.07, 6.45) is 3.02. The summed E-state index contributed by atoms with van der Waals surface area (Å²) in [5.41, 5.74) is 0.972. The van der Waals surface area contributed by atoms with Crippen LogP contribution in [0.1, 0.15) is 42.4 Å². The molecule has 0 aliphatic carbocycles. The van der Waals surface area contributed by atoms with Crippen LogP contribution in [0, 0.1) is 0 Å². The fraction of sp³-hybridized carbons (Fsp3) is 0.474. The van der Waals surface area contributed by atoms with Crippen molar-refractivity contribution in [3.63, 3.8) is 0 Å².